The molecule has 1 aliphatic carbocycles. The molecule has 1 aromatic rings. The summed E-state index contributed by atoms with van der Waals surface area (Å²) in [6.07, 6.45) is 2.93. The molecule has 0 spiro atoms. The van der Waals surface area contributed by atoms with Gasteiger partial charge in [0.2, 0.25) is 0 Å². The summed E-state index contributed by atoms with van der Waals surface area (Å²) in [6.45, 7) is 9.44. The van der Waals surface area contributed by atoms with Gasteiger partial charge in [-0.25, -0.2) is 4.39 Å². The molecular weight excluding hydrogens is 291 g/mol. The molecule has 0 radical (unpaired) electrons. The number of halogens is 1. The van der Waals surface area contributed by atoms with Crippen LogP contribution in [0.25, 0.3) is 5.57 Å². The van der Waals surface area contributed by atoms with Gasteiger partial charge in [-0.05, 0) is 55.0 Å². The van der Waals surface area contributed by atoms with Gasteiger partial charge in [0.1, 0.15) is 5.83 Å². The first-order chi connectivity index (χ1) is 10.8. The first-order valence-electron chi connectivity index (χ1n) is 8.20. The fraction of sp³-hybridized carbons (Fsp3) is 0.450. The van der Waals surface area contributed by atoms with Gasteiger partial charge in [0.05, 0.1) is 0 Å². The van der Waals surface area contributed by atoms with Crippen molar-refractivity contribution in [3.8, 4) is 0 Å². The van der Waals surface area contributed by atoms with E-state index in [1.54, 1.807) is 13.8 Å². The second-order valence-electron chi connectivity index (χ2n) is 6.29. The molecule has 0 aromatic heterocycles. The van der Waals surface area contributed by atoms with Crippen molar-refractivity contribution in [2.24, 2.45) is 0 Å². The zero-order valence-electron chi connectivity index (χ0n) is 14.6. The van der Waals surface area contributed by atoms with E-state index in [0.717, 1.165) is 22.3 Å². The highest BCUT2D eigenvalue weighted by Crippen LogP contribution is 2.44. The molecule has 2 nitrogen and oxygen atoms in total. The van der Waals surface area contributed by atoms with Crippen LogP contribution in [-0.2, 0) is 9.53 Å². The molecule has 0 bridgehead atoms. The minimum absolute atomic E-state index is 0.247. The van der Waals surface area contributed by atoms with Gasteiger partial charge in [0, 0.05) is 12.8 Å². The zero-order chi connectivity index (χ0) is 17.2. The van der Waals surface area contributed by atoms with Crippen LogP contribution < -0.4 is 0 Å². The number of carbonyl (C=O) groups is 1. The van der Waals surface area contributed by atoms with Crippen molar-refractivity contribution in [1.29, 1.82) is 0 Å². The van der Waals surface area contributed by atoms with Gasteiger partial charge in [0.15, 0.2) is 5.60 Å². The summed E-state index contributed by atoms with van der Waals surface area (Å²) < 4.78 is 20.4. The predicted octanol–water partition coefficient (Wildman–Crippen LogP) is 5.44. The van der Waals surface area contributed by atoms with Gasteiger partial charge in [-0.1, -0.05) is 38.1 Å². The molecule has 1 unspecified atom stereocenters. The van der Waals surface area contributed by atoms with Crippen LogP contribution in [0.3, 0.4) is 0 Å². The van der Waals surface area contributed by atoms with E-state index in [9.17, 15) is 9.18 Å². The third-order valence-corrected chi connectivity index (χ3v) is 4.58. The molecule has 0 N–H and O–H groups in total. The molecule has 1 atom stereocenters. The Morgan fingerprint density at radius 1 is 1.22 bits per heavy atom. The molecule has 0 fully saturated rings. The molecular formula is C20H25FO2. The number of aryl methyl sites for hydroxylation is 2. The zero-order valence-corrected chi connectivity index (χ0v) is 14.6. The second-order valence-corrected chi connectivity index (χ2v) is 6.29. The lowest BCUT2D eigenvalue weighted by atomic mass is 9.79. The van der Waals surface area contributed by atoms with Crippen molar-refractivity contribution >= 4 is 11.5 Å². The largest absolute Gasteiger partial charge is 0.451 e. The molecule has 0 saturated heterocycles. The summed E-state index contributed by atoms with van der Waals surface area (Å²) in [5.41, 5.74) is 3.83. The second kappa shape index (κ2) is 6.69. The number of allylic oxidation sites excluding steroid dienone is 2. The Kier molecular flexibility index (Phi) is 5.08. The van der Waals surface area contributed by atoms with E-state index in [-0.39, 0.29) is 18.2 Å². The van der Waals surface area contributed by atoms with Gasteiger partial charge in [0.25, 0.3) is 0 Å². The van der Waals surface area contributed by atoms with Crippen molar-refractivity contribution in [2.75, 3.05) is 0 Å². The van der Waals surface area contributed by atoms with Gasteiger partial charge in [-0.2, -0.15) is 0 Å². The first kappa shape index (κ1) is 17.5. The quantitative estimate of drug-likeness (QED) is 0.692. The maximum absolute atomic E-state index is 14.8. The average molecular weight is 316 g/mol. The van der Waals surface area contributed by atoms with Crippen LogP contribution in [0, 0.1) is 13.8 Å². The molecule has 0 aliphatic heterocycles. The summed E-state index contributed by atoms with van der Waals surface area (Å²) in [4.78, 5) is 11.8. The minimum Gasteiger partial charge on any atom is -0.451 e. The van der Waals surface area contributed by atoms with E-state index in [4.69, 9.17) is 4.74 Å². The summed E-state index contributed by atoms with van der Waals surface area (Å²) in [7, 11) is 0. The maximum Gasteiger partial charge on any atom is 0.306 e. The van der Waals surface area contributed by atoms with E-state index >= 15 is 0 Å². The number of ether oxygens (including phenoxy) is 1. The maximum atomic E-state index is 14.8. The first-order valence-corrected chi connectivity index (χ1v) is 8.20. The minimum atomic E-state index is -1.17. The van der Waals surface area contributed by atoms with E-state index in [2.05, 4.69) is 26.0 Å². The molecule has 23 heavy (non-hydrogen) atoms. The van der Waals surface area contributed by atoms with E-state index in [1.807, 2.05) is 19.1 Å². The Bertz CT molecular complexity index is 665. The van der Waals surface area contributed by atoms with E-state index < -0.39 is 5.60 Å². The molecule has 0 saturated carbocycles. The molecule has 0 amide bonds. The molecule has 3 heteroatoms. The van der Waals surface area contributed by atoms with Gasteiger partial charge in [-0.3, -0.25) is 4.79 Å². The number of esters is 1. The monoisotopic (exact) mass is 316 g/mol. The topological polar surface area (TPSA) is 26.3 Å². The number of benzene rings is 1. The standard InChI is InChI=1S/C20H25FO2/c1-6-17(22)23-20(7-2)12-16(11-15(5)19(20)21)18-13(3)9-8-10-14(18)4/h8-11H,6-7,12H2,1-5H3. The summed E-state index contributed by atoms with van der Waals surface area (Å²) >= 11 is 0. The third kappa shape index (κ3) is 3.24. The third-order valence-electron chi connectivity index (χ3n) is 4.58. The fourth-order valence-electron chi connectivity index (χ4n) is 3.33. The van der Waals surface area contributed by atoms with E-state index in [1.165, 1.54) is 0 Å². The van der Waals surface area contributed by atoms with E-state index in [0.29, 0.717) is 18.4 Å². The van der Waals surface area contributed by atoms with Crippen LogP contribution in [-0.4, -0.2) is 11.6 Å². The van der Waals surface area contributed by atoms with Gasteiger partial charge >= 0.3 is 5.97 Å². The van der Waals surface area contributed by atoms with Crippen molar-refractivity contribution in [3.05, 3.63) is 52.4 Å². The number of rotatable bonds is 4. The Labute approximate surface area is 138 Å². The lowest BCUT2D eigenvalue weighted by Crippen LogP contribution is -2.37. The average Bonchev–Trinajstić information content (AvgIpc) is 2.51. The number of carbonyl (C=O) groups excluding carboxylic acids is 1. The normalized spacial score (nSPS) is 21.2. The van der Waals surface area contributed by atoms with Gasteiger partial charge in [-0.15, -0.1) is 0 Å². The molecule has 2 rings (SSSR count). The highest BCUT2D eigenvalue weighted by atomic mass is 19.1. The molecule has 124 valence electrons. The number of hydrogen-bond acceptors (Lipinski definition) is 2. The molecule has 0 heterocycles. The van der Waals surface area contributed by atoms with Crippen molar-refractivity contribution < 1.29 is 13.9 Å². The lowest BCUT2D eigenvalue weighted by Gasteiger charge is -2.36. The Morgan fingerprint density at radius 3 is 2.35 bits per heavy atom. The van der Waals surface area contributed by atoms with Crippen LogP contribution in [0.4, 0.5) is 4.39 Å². The predicted molar refractivity (Wildman–Crippen MR) is 91.7 cm³/mol. The highest BCUT2D eigenvalue weighted by molar-refractivity contribution is 5.77. The SMILES string of the molecule is CCC(=O)OC1(CC)CC(c2c(C)cccc2C)=CC(C)=C1F. The summed E-state index contributed by atoms with van der Waals surface area (Å²) in [6, 6.07) is 6.13. The highest BCUT2D eigenvalue weighted by Gasteiger charge is 2.42. The molecule has 1 aromatic carbocycles. The Hall–Kier alpha value is -1.90. The van der Waals surface area contributed by atoms with Crippen molar-refractivity contribution in [1.82, 2.24) is 0 Å². The lowest BCUT2D eigenvalue weighted by molar-refractivity contribution is -0.157. The van der Waals surface area contributed by atoms with Crippen LogP contribution in [0.5, 0.6) is 0 Å². The smallest absolute Gasteiger partial charge is 0.306 e. The Morgan fingerprint density at radius 2 is 1.83 bits per heavy atom. The van der Waals surface area contributed by atoms with Crippen LogP contribution in [0.15, 0.2) is 35.7 Å². The fourth-order valence-corrected chi connectivity index (χ4v) is 3.33. The van der Waals surface area contributed by atoms with Crippen LogP contribution in [0.1, 0.15) is 56.7 Å². The van der Waals surface area contributed by atoms with Crippen LogP contribution in [0.2, 0.25) is 0 Å². The summed E-state index contributed by atoms with van der Waals surface area (Å²) in [5, 5.41) is 0. The summed E-state index contributed by atoms with van der Waals surface area (Å²) in [5.74, 6) is -0.686. The van der Waals surface area contributed by atoms with Crippen molar-refractivity contribution in [2.45, 2.75) is 59.5 Å². The molecule has 1 aliphatic rings. The van der Waals surface area contributed by atoms with Crippen molar-refractivity contribution in [3.63, 3.8) is 0 Å². The van der Waals surface area contributed by atoms with Gasteiger partial charge < -0.3 is 4.74 Å². The van der Waals surface area contributed by atoms with Crippen LogP contribution >= 0.6 is 0 Å². The number of hydrogen-bond donors (Lipinski definition) is 0. The Balaban J connectivity index is 2.53.